The Morgan fingerprint density at radius 1 is 1.30 bits per heavy atom. The molecule has 0 radical (unpaired) electrons. The number of hydrogen-bond acceptors (Lipinski definition) is 5. The summed E-state index contributed by atoms with van der Waals surface area (Å²) in [6.45, 7) is 5.45. The highest BCUT2D eigenvalue weighted by atomic mass is 127. The van der Waals surface area contributed by atoms with Gasteiger partial charge in [0.2, 0.25) is 0 Å². The molecule has 1 atom stereocenters. The summed E-state index contributed by atoms with van der Waals surface area (Å²) in [6, 6.07) is 9.17. The summed E-state index contributed by atoms with van der Waals surface area (Å²) in [4.78, 5) is 29.2. The van der Waals surface area contributed by atoms with Crippen molar-refractivity contribution in [1.82, 2.24) is 9.66 Å². The second-order valence-electron chi connectivity index (χ2n) is 6.71. The van der Waals surface area contributed by atoms with Crippen molar-refractivity contribution < 1.29 is 9.53 Å². The molecule has 30 heavy (non-hydrogen) atoms. The Hall–Kier alpha value is -1.34. The van der Waals surface area contributed by atoms with Gasteiger partial charge in [-0.05, 0) is 87.5 Å². The molecule has 9 heteroatoms. The van der Waals surface area contributed by atoms with Gasteiger partial charge >= 0.3 is 5.97 Å². The van der Waals surface area contributed by atoms with Crippen molar-refractivity contribution >= 4 is 84.2 Å². The number of ether oxygens (including phenoxy) is 1. The Balaban J connectivity index is 2.12. The lowest BCUT2D eigenvalue weighted by atomic mass is 10.1. The normalized spacial score (nSPS) is 12.5. The summed E-state index contributed by atoms with van der Waals surface area (Å²) < 4.78 is 9.02. The van der Waals surface area contributed by atoms with Crippen molar-refractivity contribution in [3.63, 3.8) is 0 Å². The van der Waals surface area contributed by atoms with E-state index in [1.165, 1.54) is 11.6 Å². The zero-order valence-electron chi connectivity index (χ0n) is 16.4. The fraction of sp³-hybridized carbons (Fsp3) is 0.238. The van der Waals surface area contributed by atoms with Crippen LogP contribution >= 0.6 is 61.1 Å². The fourth-order valence-electron chi connectivity index (χ4n) is 2.80. The molecule has 0 bridgehead atoms. The first-order valence-electron chi connectivity index (χ1n) is 9.15. The zero-order chi connectivity index (χ0) is 22.0. The van der Waals surface area contributed by atoms with Crippen LogP contribution in [0.4, 0.5) is 0 Å². The topological polar surface area (TPSA) is 73.6 Å². The maximum absolute atomic E-state index is 13.2. The Labute approximate surface area is 209 Å². The van der Waals surface area contributed by atoms with Crippen LogP contribution in [0.2, 0.25) is 0 Å². The van der Waals surface area contributed by atoms with Crippen molar-refractivity contribution in [3.8, 4) is 5.75 Å². The second-order valence-corrected chi connectivity index (χ2v) is 9.95. The third kappa shape index (κ3) is 5.10. The molecule has 0 spiro atoms. The van der Waals surface area contributed by atoms with Crippen molar-refractivity contribution in [2.24, 2.45) is 5.10 Å². The largest absolute Gasteiger partial charge is 0.424 e. The molecule has 0 saturated heterocycles. The van der Waals surface area contributed by atoms with Crippen molar-refractivity contribution in [2.45, 2.75) is 33.1 Å². The lowest BCUT2D eigenvalue weighted by Gasteiger charge is -2.14. The van der Waals surface area contributed by atoms with E-state index in [9.17, 15) is 9.59 Å². The van der Waals surface area contributed by atoms with Crippen LogP contribution in [0.3, 0.4) is 0 Å². The molecule has 156 valence electrons. The van der Waals surface area contributed by atoms with Gasteiger partial charge in [-0.15, -0.1) is 0 Å². The number of carbonyl (C=O) groups is 1. The molecule has 3 rings (SSSR count). The average Bonchev–Trinajstić information content (AvgIpc) is 2.69. The van der Waals surface area contributed by atoms with E-state index in [0.717, 1.165) is 23.6 Å². The van der Waals surface area contributed by atoms with Crippen LogP contribution in [0.25, 0.3) is 10.9 Å². The van der Waals surface area contributed by atoms with Crippen LogP contribution in [0.15, 0.2) is 44.7 Å². The summed E-state index contributed by atoms with van der Waals surface area (Å²) in [5.74, 6) is 0.838. The predicted molar refractivity (Wildman–Crippen MR) is 139 cm³/mol. The van der Waals surface area contributed by atoms with Gasteiger partial charge in [0, 0.05) is 17.3 Å². The minimum Gasteiger partial charge on any atom is -0.424 e. The summed E-state index contributed by atoms with van der Waals surface area (Å²) in [7, 11) is 0. The van der Waals surface area contributed by atoms with Crippen LogP contribution < -0.4 is 10.3 Å². The van der Waals surface area contributed by atoms with Crippen molar-refractivity contribution in [3.05, 3.63) is 63.7 Å². The SMILES string of the molecule is CC[C@@H](C)c1nc2ccc(Br)cc2c(=O)n1N=Cc1cc(I)c(OC(C)=O)c(I)c1. The minimum atomic E-state index is -0.370. The van der Waals surface area contributed by atoms with Gasteiger partial charge in [-0.25, -0.2) is 4.98 Å². The summed E-state index contributed by atoms with van der Waals surface area (Å²) in [5, 5.41) is 4.99. The van der Waals surface area contributed by atoms with E-state index >= 15 is 0 Å². The monoisotopic (exact) mass is 693 g/mol. The zero-order valence-corrected chi connectivity index (χ0v) is 22.3. The smallest absolute Gasteiger partial charge is 0.308 e. The molecule has 1 aromatic heterocycles. The minimum absolute atomic E-state index is 0.0644. The van der Waals surface area contributed by atoms with Crippen molar-refractivity contribution in [2.75, 3.05) is 0 Å². The van der Waals surface area contributed by atoms with Crippen LogP contribution in [0, 0.1) is 7.14 Å². The number of halogens is 3. The first-order valence-corrected chi connectivity index (χ1v) is 12.1. The van der Waals surface area contributed by atoms with Gasteiger partial charge in [0.25, 0.3) is 5.56 Å². The molecule has 1 heterocycles. The molecular formula is C21H18BrI2N3O3. The lowest BCUT2D eigenvalue weighted by molar-refractivity contribution is -0.132. The van der Waals surface area contributed by atoms with Crippen LogP contribution in [-0.4, -0.2) is 21.8 Å². The van der Waals surface area contributed by atoms with Gasteiger partial charge in [0.05, 0.1) is 24.3 Å². The van der Waals surface area contributed by atoms with E-state index in [4.69, 9.17) is 9.72 Å². The Bertz CT molecular complexity index is 1200. The number of rotatable bonds is 5. The number of benzene rings is 2. The number of aromatic nitrogens is 2. The molecule has 0 aliphatic heterocycles. The predicted octanol–water partition coefficient (Wildman–Crippen LogP) is 5.69. The number of hydrogen-bond donors (Lipinski definition) is 0. The number of nitrogens with zero attached hydrogens (tertiary/aromatic N) is 3. The number of carbonyl (C=O) groups excluding carboxylic acids is 1. The van der Waals surface area contributed by atoms with Gasteiger partial charge in [-0.3, -0.25) is 9.59 Å². The highest BCUT2D eigenvalue weighted by Gasteiger charge is 2.16. The van der Waals surface area contributed by atoms with Gasteiger partial charge in [-0.1, -0.05) is 29.8 Å². The highest BCUT2D eigenvalue weighted by Crippen LogP contribution is 2.29. The fourth-order valence-corrected chi connectivity index (χ4v) is 5.20. The van der Waals surface area contributed by atoms with E-state index < -0.39 is 0 Å². The third-order valence-electron chi connectivity index (χ3n) is 4.48. The molecular weight excluding hydrogens is 676 g/mol. The number of esters is 1. The average molecular weight is 694 g/mol. The van der Waals surface area contributed by atoms with Crippen LogP contribution in [0.1, 0.15) is 44.5 Å². The number of fused-ring (bicyclic) bond motifs is 1. The Kier molecular flexibility index (Phi) is 7.66. The summed E-state index contributed by atoms with van der Waals surface area (Å²) in [5.41, 5.74) is 1.23. The Morgan fingerprint density at radius 3 is 2.57 bits per heavy atom. The second kappa shape index (κ2) is 9.86. The molecule has 6 nitrogen and oxygen atoms in total. The van der Waals surface area contributed by atoms with Gasteiger partial charge < -0.3 is 4.74 Å². The molecule has 2 aromatic carbocycles. The van der Waals surface area contributed by atoms with E-state index in [1.807, 2.05) is 31.2 Å². The first-order chi connectivity index (χ1) is 14.2. The molecule has 0 aliphatic rings. The van der Waals surface area contributed by atoms with Gasteiger partial charge in [-0.2, -0.15) is 9.78 Å². The molecule has 0 aliphatic carbocycles. The van der Waals surface area contributed by atoms with E-state index in [0.29, 0.717) is 22.5 Å². The lowest BCUT2D eigenvalue weighted by Crippen LogP contribution is -2.23. The van der Waals surface area contributed by atoms with E-state index in [2.05, 4.69) is 73.1 Å². The molecule has 0 saturated carbocycles. The van der Waals surface area contributed by atoms with Crippen LogP contribution in [0.5, 0.6) is 5.75 Å². The molecule has 0 amide bonds. The van der Waals surface area contributed by atoms with E-state index in [-0.39, 0.29) is 17.4 Å². The quantitative estimate of drug-likeness (QED) is 0.149. The molecule has 0 unspecified atom stereocenters. The standard InChI is InChI=1S/C21H18BrI2N3O3/c1-4-11(2)20-26-18-6-5-14(22)9-15(18)21(29)27(20)25-10-13-7-16(23)19(17(24)8-13)30-12(3)28/h5-11H,4H2,1-3H3/t11-/m1/s1. The maximum atomic E-state index is 13.2. The molecule has 0 fully saturated rings. The van der Waals surface area contributed by atoms with E-state index in [1.54, 1.807) is 12.3 Å². The summed E-state index contributed by atoms with van der Waals surface area (Å²) >= 11 is 7.65. The molecule has 3 aromatic rings. The van der Waals surface area contributed by atoms with Crippen molar-refractivity contribution in [1.29, 1.82) is 0 Å². The van der Waals surface area contributed by atoms with Gasteiger partial charge in [0.15, 0.2) is 5.75 Å². The maximum Gasteiger partial charge on any atom is 0.308 e. The highest BCUT2D eigenvalue weighted by molar-refractivity contribution is 14.1. The van der Waals surface area contributed by atoms with Crippen LogP contribution in [-0.2, 0) is 4.79 Å². The summed E-state index contributed by atoms with van der Waals surface area (Å²) in [6.07, 6.45) is 2.46. The van der Waals surface area contributed by atoms with Gasteiger partial charge in [0.1, 0.15) is 5.82 Å². The first kappa shape index (κ1) is 23.3. The molecule has 0 N–H and O–H groups in total. The third-order valence-corrected chi connectivity index (χ3v) is 6.57. The Morgan fingerprint density at radius 2 is 1.97 bits per heavy atom.